The van der Waals surface area contributed by atoms with Gasteiger partial charge in [-0.2, -0.15) is 0 Å². The lowest BCUT2D eigenvalue weighted by molar-refractivity contribution is -0.165. The van der Waals surface area contributed by atoms with Crippen molar-refractivity contribution in [1.29, 1.82) is 0 Å². The Balaban J connectivity index is 1.49. The summed E-state index contributed by atoms with van der Waals surface area (Å²) in [4.78, 5) is 55.2. The average molecular weight is 483 g/mol. The number of piperazine rings is 1. The number of nitrogens with one attached hydrogen (secondary N) is 1. The molecule has 2 saturated heterocycles. The predicted octanol–water partition coefficient (Wildman–Crippen LogP) is 3.41. The number of urea groups is 1. The van der Waals surface area contributed by atoms with Crippen LogP contribution in [-0.4, -0.2) is 70.2 Å². The number of benzene rings is 2. The van der Waals surface area contributed by atoms with Crippen LogP contribution in [0.4, 0.5) is 10.5 Å². The maximum absolute atomic E-state index is 13.2. The summed E-state index contributed by atoms with van der Waals surface area (Å²) in [6.07, 6.45) is 0.228. The number of amides is 4. The first-order valence-corrected chi connectivity index (χ1v) is 11.7. The molecule has 2 aromatic rings. The Morgan fingerprint density at radius 3 is 2.53 bits per heavy atom. The standard InChI is InChI=1S/C25H27ClN4O4/c1-16-24(33)28(12-10-18-4-3-5-20(26)14-18)15-22-29(13-11-23(32)30(16)22)25(34)27-21-8-6-19(7-9-21)17(2)31/h3-9,14,16,22H,10-13,15H2,1-2H3,(H,27,34)/t16-,22+/m0/s1. The maximum Gasteiger partial charge on any atom is 0.323 e. The topological polar surface area (TPSA) is 90.0 Å². The first kappa shape index (κ1) is 23.8. The van der Waals surface area contributed by atoms with Crippen LogP contribution in [0.1, 0.15) is 36.2 Å². The zero-order chi connectivity index (χ0) is 24.4. The normalized spacial score (nSPS) is 20.3. The highest BCUT2D eigenvalue weighted by Crippen LogP contribution is 2.26. The van der Waals surface area contributed by atoms with Gasteiger partial charge < -0.3 is 20.0 Å². The highest BCUT2D eigenvalue weighted by Gasteiger charge is 2.46. The second-order valence-electron chi connectivity index (χ2n) is 8.63. The third kappa shape index (κ3) is 4.92. The number of carbonyl (C=O) groups excluding carboxylic acids is 4. The van der Waals surface area contributed by atoms with E-state index in [-0.39, 0.29) is 43.1 Å². The Morgan fingerprint density at radius 2 is 1.85 bits per heavy atom. The van der Waals surface area contributed by atoms with Crippen molar-refractivity contribution >= 4 is 40.9 Å². The molecule has 0 aliphatic carbocycles. The van der Waals surface area contributed by atoms with Gasteiger partial charge in [-0.05, 0) is 62.2 Å². The van der Waals surface area contributed by atoms with Crippen molar-refractivity contribution in [3.05, 3.63) is 64.7 Å². The van der Waals surface area contributed by atoms with Crippen LogP contribution in [-0.2, 0) is 16.0 Å². The van der Waals surface area contributed by atoms with Crippen LogP contribution in [0.25, 0.3) is 0 Å². The summed E-state index contributed by atoms with van der Waals surface area (Å²) in [5.74, 6) is -0.314. The highest BCUT2D eigenvalue weighted by molar-refractivity contribution is 6.30. The lowest BCUT2D eigenvalue weighted by atomic mass is 10.0. The highest BCUT2D eigenvalue weighted by atomic mass is 35.5. The van der Waals surface area contributed by atoms with Crippen molar-refractivity contribution in [2.75, 3.05) is 25.0 Å². The van der Waals surface area contributed by atoms with Crippen molar-refractivity contribution in [1.82, 2.24) is 14.7 Å². The molecule has 4 amide bonds. The zero-order valence-corrected chi connectivity index (χ0v) is 19.9. The van der Waals surface area contributed by atoms with Gasteiger partial charge in [0.2, 0.25) is 11.8 Å². The molecule has 34 heavy (non-hydrogen) atoms. The van der Waals surface area contributed by atoms with E-state index < -0.39 is 12.2 Å². The molecule has 0 bridgehead atoms. The van der Waals surface area contributed by atoms with Gasteiger partial charge in [0.15, 0.2) is 5.78 Å². The van der Waals surface area contributed by atoms with Crippen molar-refractivity contribution in [3.63, 3.8) is 0 Å². The number of carbonyl (C=O) groups is 4. The van der Waals surface area contributed by atoms with Gasteiger partial charge in [-0.1, -0.05) is 23.7 Å². The Morgan fingerprint density at radius 1 is 1.12 bits per heavy atom. The molecule has 0 radical (unpaired) electrons. The second-order valence-corrected chi connectivity index (χ2v) is 9.07. The van der Waals surface area contributed by atoms with Crippen LogP contribution in [0.5, 0.6) is 0 Å². The summed E-state index contributed by atoms with van der Waals surface area (Å²) in [5, 5.41) is 3.49. The Kier molecular flexibility index (Phi) is 6.88. The third-order valence-electron chi connectivity index (χ3n) is 6.37. The van der Waals surface area contributed by atoms with E-state index in [0.29, 0.717) is 29.2 Å². The molecule has 2 fully saturated rings. The molecule has 0 saturated carbocycles. The van der Waals surface area contributed by atoms with E-state index in [1.165, 1.54) is 11.8 Å². The van der Waals surface area contributed by atoms with E-state index in [0.717, 1.165) is 5.56 Å². The van der Waals surface area contributed by atoms with E-state index in [1.807, 2.05) is 18.2 Å². The van der Waals surface area contributed by atoms with Crippen molar-refractivity contribution < 1.29 is 19.2 Å². The van der Waals surface area contributed by atoms with Gasteiger partial charge in [-0.25, -0.2) is 4.79 Å². The lowest BCUT2D eigenvalue weighted by Gasteiger charge is -2.51. The molecule has 178 valence electrons. The summed E-state index contributed by atoms with van der Waals surface area (Å²) in [7, 11) is 0. The average Bonchev–Trinajstić information content (AvgIpc) is 2.80. The number of anilines is 1. The van der Waals surface area contributed by atoms with Crippen LogP contribution in [0.15, 0.2) is 48.5 Å². The number of halogens is 1. The van der Waals surface area contributed by atoms with Crippen molar-refractivity contribution in [2.24, 2.45) is 0 Å². The molecule has 9 heteroatoms. The van der Waals surface area contributed by atoms with Crippen LogP contribution in [0.2, 0.25) is 5.02 Å². The summed E-state index contributed by atoms with van der Waals surface area (Å²) < 4.78 is 0. The first-order chi connectivity index (χ1) is 16.2. The molecule has 2 atom stereocenters. The Labute approximate surface area is 203 Å². The monoisotopic (exact) mass is 482 g/mol. The number of hydrogen-bond acceptors (Lipinski definition) is 4. The molecule has 2 aliphatic heterocycles. The first-order valence-electron chi connectivity index (χ1n) is 11.3. The summed E-state index contributed by atoms with van der Waals surface area (Å²) >= 11 is 6.08. The fourth-order valence-electron chi connectivity index (χ4n) is 4.52. The van der Waals surface area contributed by atoms with Gasteiger partial charge >= 0.3 is 6.03 Å². The predicted molar refractivity (Wildman–Crippen MR) is 129 cm³/mol. The number of ketones is 1. The maximum atomic E-state index is 13.2. The smallest absolute Gasteiger partial charge is 0.323 e. The quantitative estimate of drug-likeness (QED) is 0.661. The fraction of sp³-hybridized carbons (Fsp3) is 0.360. The molecule has 2 aliphatic rings. The van der Waals surface area contributed by atoms with Gasteiger partial charge in [-0.3, -0.25) is 14.4 Å². The van der Waals surface area contributed by atoms with E-state index in [4.69, 9.17) is 11.6 Å². The van der Waals surface area contributed by atoms with Crippen LogP contribution in [0, 0.1) is 0 Å². The summed E-state index contributed by atoms with van der Waals surface area (Å²) in [5.41, 5.74) is 2.12. The van der Waals surface area contributed by atoms with E-state index >= 15 is 0 Å². The molecule has 0 aromatic heterocycles. The molecular weight excluding hydrogens is 456 g/mol. The number of rotatable bonds is 5. The minimum absolute atomic E-state index is 0.0539. The van der Waals surface area contributed by atoms with Crippen LogP contribution in [0.3, 0.4) is 0 Å². The van der Waals surface area contributed by atoms with Gasteiger partial charge in [0.25, 0.3) is 0 Å². The molecule has 2 heterocycles. The van der Waals surface area contributed by atoms with E-state index in [9.17, 15) is 19.2 Å². The Bertz CT molecular complexity index is 1120. The molecule has 8 nitrogen and oxygen atoms in total. The molecule has 2 aromatic carbocycles. The lowest BCUT2D eigenvalue weighted by Crippen LogP contribution is -2.71. The van der Waals surface area contributed by atoms with Gasteiger partial charge in [0, 0.05) is 35.8 Å². The summed E-state index contributed by atoms with van der Waals surface area (Å²) in [6, 6.07) is 13.1. The minimum Gasteiger partial charge on any atom is -0.337 e. The second kappa shape index (κ2) is 9.85. The van der Waals surface area contributed by atoms with E-state index in [1.54, 1.807) is 47.1 Å². The third-order valence-corrected chi connectivity index (χ3v) is 6.60. The molecular formula is C25H27ClN4O4. The molecule has 0 spiro atoms. The minimum atomic E-state index is -0.656. The summed E-state index contributed by atoms with van der Waals surface area (Å²) in [6.45, 7) is 4.16. The zero-order valence-electron chi connectivity index (χ0n) is 19.2. The number of fused-ring (bicyclic) bond motifs is 1. The van der Waals surface area contributed by atoms with Gasteiger partial charge in [-0.15, -0.1) is 0 Å². The van der Waals surface area contributed by atoms with E-state index in [2.05, 4.69) is 5.32 Å². The number of nitrogens with zero attached hydrogens (tertiary/aromatic N) is 3. The molecule has 1 N–H and O–H groups in total. The van der Waals surface area contributed by atoms with Crippen molar-refractivity contribution in [2.45, 2.75) is 38.9 Å². The van der Waals surface area contributed by atoms with Crippen LogP contribution < -0.4 is 5.32 Å². The number of hydrogen-bond donors (Lipinski definition) is 1. The molecule has 0 unspecified atom stereocenters. The van der Waals surface area contributed by atoms with Crippen LogP contribution >= 0.6 is 11.6 Å². The number of Topliss-reactive ketones (excluding diaryl/α,β-unsaturated/α-hetero) is 1. The van der Waals surface area contributed by atoms with Gasteiger partial charge in [0.1, 0.15) is 12.2 Å². The van der Waals surface area contributed by atoms with Gasteiger partial charge in [0.05, 0.1) is 6.54 Å². The van der Waals surface area contributed by atoms with Crippen molar-refractivity contribution in [3.8, 4) is 0 Å². The fourth-order valence-corrected chi connectivity index (χ4v) is 4.73. The molecule has 4 rings (SSSR count). The Hall–Kier alpha value is -3.39. The largest absolute Gasteiger partial charge is 0.337 e. The SMILES string of the molecule is CC(=O)c1ccc(NC(=O)N2CCC(=O)N3[C@@H]2CN(CCc2cccc(Cl)c2)C(=O)[C@@H]3C)cc1.